The van der Waals surface area contributed by atoms with Crippen LogP contribution in [0, 0.1) is 5.92 Å². The maximum Gasteiger partial charge on any atom is 0.257 e. The van der Waals surface area contributed by atoms with Crippen molar-refractivity contribution in [2.75, 3.05) is 19.7 Å². The number of piperidine rings is 1. The summed E-state index contributed by atoms with van der Waals surface area (Å²) in [7, 11) is 0. The molecule has 0 spiro atoms. The van der Waals surface area contributed by atoms with E-state index in [1.54, 1.807) is 12.1 Å². The first-order valence-corrected chi connectivity index (χ1v) is 11.5. The van der Waals surface area contributed by atoms with Crippen molar-refractivity contribution in [3.8, 4) is 5.75 Å². The van der Waals surface area contributed by atoms with Gasteiger partial charge in [0.15, 0.2) is 5.11 Å². The number of carbonyl (C=O) groups excluding carboxylic acids is 1. The number of amides is 1. The minimum atomic E-state index is -0.215. The first-order valence-electron chi connectivity index (χ1n) is 11.1. The molecule has 1 heterocycles. The highest BCUT2D eigenvalue weighted by atomic mass is 32.1. The summed E-state index contributed by atoms with van der Waals surface area (Å²) in [4.78, 5) is 15.0. The van der Waals surface area contributed by atoms with E-state index in [0.717, 1.165) is 38.9 Å². The molecular weight excluding hydrogens is 406 g/mol. The molecule has 2 N–H and O–H groups in total. The second kappa shape index (κ2) is 11.8. The standard InChI is InChI=1S/C25H33N3O2S/c1-19(2)13-16-30-23-10-6-9-21(17-23)24(29)27-25(31)26-22-11-14-28(15-12-22)18-20-7-4-3-5-8-20/h3-10,17,19,22H,11-16,18H2,1-2H3,(H2,26,27,29,31). The van der Waals surface area contributed by atoms with E-state index in [9.17, 15) is 4.79 Å². The molecule has 0 aliphatic carbocycles. The van der Waals surface area contributed by atoms with Crippen molar-refractivity contribution >= 4 is 23.2 Å². The van der Waals surface area contributed by atoms with E-state index in [4.69, 9.17) is 17.0 Å². The molecule has 166 valence electrons. The number of nitrogens with zero attached hydrogens (tertiary/aromatic N) is 1. The molecule has 0 bridgehead atoms. The molecule has 0 atom stereocenters. The van der Waals surface area contributed by atoms with E-state index in [1.807, 2.05) is 18.2 Å². The predicted molar refractivity (Wildman–Crippen MR) is 129 cm³/mol. The van der Waals surface area contributed by atoms with Crippen LogP contribution in [0.3, 0.4) is 0 Å². The highest BCUT2D eigenvalue weighted by Gasteiger charge is 2.20. The third-order valence-electron chi connectivity index (χ3n) is 5.46. The van der Waals surface area contributed by atoms with Crippen molar-refractivity contribution in [2.24, 2.45) is 5.92 Å². The number of likely N-dealkylation sites (tertiary alicyclic amines) is 1. The van der Waals surface area contributed by atoms with Gasteiger partial charge in [0.05, 0.1) is 6.61 Å². The fourth-order valence-electron chi connectivity index (χ4n) is 3.61. The number of benzene rings is 2. The minimum Gasteiger partial charge on any atom is -0.494 e. The Bertz CT molecular complexity index is 849. The third-order valence-corrected chi connectivity index (χ3v) is 5.68. The Hall–Kier alpha value is -2.44. The van der Waals surface area contributed by atoms with Gasteiger partial charge in [0.1, 0.15) is 5.75 Å². The molecule has 0 saturated carbocycles. The van der Waals surface area contributed by atoms with E-state index >= 15 is 0 Å². The van der Waals surface area contributed by atoms with Crippen LogP contribution in [0.2, 0.25) is 0 Å². The van der Waals surface area contributed by atoms with E-state index < -0.39 is 0 Å². The van der Waals surface area contributed by atoms with Crippen LogP contribution in [0.1, 0.15) is 49.0 Å². The van der Waals surface area contributed by atoms with Crippen molar-refractivity contribution < 1.29 is 9.53 Å². The Morgan fingerprint density at radius 1 is 1.13 bits per heavy atom. The summed E-state index contributed by atoms with van der Waals surface area (Å²) in [6.45, 7) is 7.97. The van der Waals surface area contributed by atoms with Crippen molar-refractivity contribution in [3.05, 3.63) is 65.7 Å². The summed E-state index contributed by atoms with van der Waals surface area (Å²) in [5.74, 6) is 1.08. The second-order valence-electron chi connectivity index (χ2n) is 8.52. The van der Waals surface area contributed by atoms with Crippen molar-refractivity contribution in [1.82, 2.24) is 15.5 Å². The van der Waals surface area contributed by atoms with Gasteiger partial charge in [-0.2, -0.15) is 0 Å². The smallest absolute Gasteiger partial charge is 0.257 e. The predicted octanol–water partition coefficient (Wildman–Crippen LogP) is 4.38. The lowest BCUT2D eigenvalue weighted by Gasteiger charge is -2.32. The number of ether oxygens (including phenoxy) is 1. The molecule has 6 heteroatoms. The number of nitrogens with one attached hydrogen (secondary N) is 2. The summed E-state index contributed by atoms with van der Waals surface area (Å²) < 4.78 is 5.75. The minimum absolute atomic E-state index is 0.215. The number of carbonyl (C=O) groups is 1. The van der Waals surface area contributed by atoms with Crippen molar-refractivity contribution in [2.45, 2.75) is 45.7 Å². The fraction of sp³-hybridized carbons (Fsp3) is 0.440. The highest BCUT2D eigenvalue weighted by Crippen LogP contribution is 2.16. The maximum absolute atomic E-state index is 12.6. The highest BCUT2D eigenvalue weighted by molar-refractivity contribution is 7.80. The molecule has 1 aliphatic heterocycles. The zero-order chi connectivity index (χ0) is 22.1. The molecule has 2 aromatic rings. The summed E-state index contributed by atoms with van der Waals surface area (Å²) in [5.41, 5.74) is 1.89. The van der Waals surface area contributed by atoms with Gasteiger partial charge in [-0.3, -0.25) is 15.0 Å². The van der Waals surface area contributed by atoms with Crippen LogP contribution < -0.4 is 15.4 Å². The SMILES string of the molecule is CC(C)CCOc1cccc(C(=O)NC(=S)NC2CCN(Cc3ccccc3)CC2)c1. The zero-order valence-corrected chi connectivity index (χ0v) is 19.3. The van der Waals surface area contributed by atoms with E-state index in [2.05, 4.69) is 53.6 Å². The maximum atomic E-state index is 12.6. The van der Waals surface area contributed by atoms with Gasteiger partial charge in [0, 0.05) is 31.2 Å². The van der Waals surface area contributed by atoms with Gasteiger partial charge < -0.3 is 10.1 Å². The topological polar surface area (TPSA) is 53.6 Å². The van der Waals surface area contributed by atoms with Gasteiger partial charge in [-0.25, -0.2) is 0 Å². The van der Waals surface area contributed by atoms with Gasteiger partial charge in [-0.1, -0.05) is 50.2 Å². The van der Waals surface area contributed by atoms with Gasteiger partial charge in [-0.15, -0.1) is 0 Å². The first-order chi connectivity index (χ1) is 15.0. The van der Waals surface area contributed by atoms with Gasteiger partial charge in [0.25, 0.3) is 5.91 Å². The van der Waals surface area contributed by atoms with Crippen LogP contribution in [0.5, 0.6) is 5.75 Å². The monoisotopic (exact) mass is 439 g/mol. The van der Waals surface area contributed by atoms with Crippen LogP contribution in [0.25, 0.3) is 0 Å². The van der Waals surface area contributed by atoms with Gasteiger partial charge in [-0.05, 0) is 61.2 Å². The fourth-order valence-corrected chi connectivity index (χ4v) is 3.87. The van der Waals surface area contributed by atoms with E-state index in [1.165, 1.54) is 5.56 Å². The Morgan fingerprint density at radius 3 is 2.58 bits per heavy atom. The van der Waals surface area contributed by atoms with Crippen molar-refractivity contribution in [1.29, 1.82) is 0 Å². The summed E-state index contributed by atoms with van der Waals surface area (Å²) in [5, 5.41) is 6.50. The van der Waals surface area contributed by atoms with Gasteiger partial charge >= 0.3 is 0 Å². The molecule has 31 heavy (non-hydrogen) atoms. The molecule has 0 radical (unpaired) electrons. The Morgan fingerprint density at radius 2 is 1.87 bits per heavy atom. The van der Waals surface area contributed by atoms with Crippen LogP contribution in [0.4, 0.5) is 0 Å². The molecule has 0 unspecified atom stereocenters. The lowest BCUT2D eigenvalue weighted by Crippen LogP contribution is -2.48. The molecular formula is C25H33N3O2S. The molecule has 1 amide bonds. The molecule has 5 nitrogen and oxygen atoms in total. The summed E-state index contributed by atoms with van der Waals surface area (Å²) in [6.07, 6.45) is 2.98. The molecule has 2 aromatic carbocycles. The van der Waals surface area contributed by atoms with Gasteiger partial charge in [0.2, 0.25) is 0 Å². The quantitative estimate of drug-likeness (QED) is 0.598. The van der Waals surface area contributed by atoms with Crippen LogP contribution in [-0.4, -0.2) is 41.7 Å². The molecule has 3 rings (SSSR count). The average molecular weight is 440 g/mol. The number of thiocarbonyl (C=S) groups is 1. The average Bonchev–Trinajstić information content (AvgIpc) is 2.76. The van der Waals surface area contributed by atoms with Crippen LogP contribution in [0.15, 0.2) is 54.6 Å². The second-order valence-corrected chi connectivity index (χ2v) is 8.93. The molecule has 1 aliphatic rings. The lowest BCUT2D eigenvalue weighted by atomic mass is 10.0. The summed E-state index contributed by atoms with van der Waals surface area (Å²) in [6, 6.07) is 18.1. The Kier molecular flexibility index (Phi) is 8.85. The van der Waals surface area contributed by atoms with Crippen LogP contribution >= 0.6 is 12.2 Å². The first kappa shape index (κ1) is 23.2. The summed E-state index contributed by atoms with van der Waals surface area (Å²) >= 11 is 5.39. The Balaban J connectivity index is 1.41. The zero-order valence-electron chi connectivity index (χ0n) is 18.5. The molecule has 1 fully saturated rings. The number of hydrogen-bond donors (Lipinski definition) is 2. The van der Waals surface area contributed by atoms with Crippen LogP contribution in [-0.2, 0) is 6.54 Å². The third kappa shape index (κ3) is 7.96. The van der Waals surface area contributed by atoms with E-state index in [0.29, 0.717) is 29.0 Å². The normalized spacial score (nSPS) is 14.9. The molecule has 1 saturated heterocycles. The van der Waals surface area contributed by atoms with Crippen molar-refractivity contribution in [3.63, 3.8) is 0 Å². The number of hydrogen-bond acceptors (Lipinski definition) is 4. The molecule has 0 aromatic heterocycles. The largest absolute Gasteiger partial charge is 0.494 e. The number of rotatable bonds is 8. The lowest BCUT2D eigenvalue weighted by molar-refractivity contribution is 0.0975. The Labute approximate surface area is 191 Å². The van der Waals surface area contributed by atoms with E-state index in [-0.39, 0.29) is 11.9 Å².